The molecule has 0 fully saturated rings. The molecule has 0 amide bonds. The maximum absolute atomic E-state index is 5.41. The van der Waals surface area contributed by atoms with Crippen molar-refractivity contribution >= 4 is 0 Å². The molecule has 0 bridgehead atoms. The summed E-state index contributed by atoms with van der Waals surface area (Å²) >= 11 is 0. The Kier molecular flexibility index (Phi) is 3.02. The van der Waals surface area contributed by atoms with Crippen molar-refractivity contribution in [3.63, 3.8) is 0 Å². The fourth-order valence-electron chi connectivity index (χ4n) is 2.19. The number of nitrogens with zero attached hydrogens (tertiary/aromatic N) is 4. The third-order valence-electron chi connectivity index (χ3n) is 3.25. The van der Waals surface area contributed by atoms with E-state index in [2.05, 4.69) is 15.2 Å². The molecule has 0 aliphatic heterocycles. The highest BCUT2D eigenvalue weighted by Crippen LogP contribution is 2.22. The van der Waals surface area contributed by atoms with Gasteiger partial charge in [0.1, 0.15) is 41.9 Å². The lowest BCUT2D eigenvalue weighted by Gasteiger charge is -2.04. The molecule has 1 aromatic carbocycles. The molecule has 0 saturated heterocycles. The monoisotopic (exact) mass is 270 g/mol. The van der Waals surface area contributed by atoms with E-state index in [1.807, 2.05) is 72.8 Å². The second kappa shape index (κ2) is 4.85. The molecule has 5 heteroatoms. The van der Waals surface area contributed by atoms with Gasteiger partial charge in [0, 0.05) is 18.2 Å². The highest BCUT2D eigenvalue weighted by molar-refractivity contribution is 5.49. The van der Waals surface area contributed by atoms with Crippen LogP contribution in [0.5, 0.6) is 5.75 Å². The van der Waals surface area contributed by atoms with Gasteiger partial charge in [-0.25, -0.2) is 18.3 Å². The van der Waals surface area contributed by atoms with Gasteiger partial charge in [0.05, 0.1) is 21.2 Å². The van der Waals surface area contributed by atoms with E-state index in [-0.39, 0.29) is 0 Å². The van der Waals surface area contributed by atoms with Crippen LogP contribution in [-0.4, -0.2) is 16.2 Å². The Labute approximate surface area is 117 Å². The molecule has 0 aliphatic rings. The molecule has 3 rings (SSSR count). The summed E-state index contributed by atoms with van der Waals surface area (Å²) in [7, 11) is 5.70. The maximum Gasteiger partial charge on any atom is 0.248 e. The van der Waals surface area contributed by atoms with Crippen LogP contribution in [0.3, 0.4) is 0 Å². The van der Waals surface area contributed by atoms with Gasteiger partial charge in [-0.05, 0) is 0 Å². The van der Waals surface area contributed by atoms with E-state index >= 15 is 0 Å². The van der Waals surface area contributed by atoms with E-state index < -0.39 is 0 Å². The van der Waals surface area contributed by atoms with Crippen LogP contribution in [0, 0.1) is 0 Å². The van der Waals surface area contributed by atoms with Crippen molar-refractivity contribution in [2.75, 3.05) is 7.11 Å². The summed E-state index contributed by atoms with van der Waals surface area (Å²) in [6.45, 7) is 0. The fraction of sp³-hybridized carbons (Fsp3) is 0.200. The van der Waals surface area contributed by atoms with Crippen molar-refractivity contribution in [2.45, 2.75) is 0 Å². The average molecular weight is 270 g/mol. The summed E-state index contributed by atoms with van der Waals surface area (Å²) in [4.78, 5) is 0. The van der Waals surface area contributed by atoms with Crippen LogP contribution < -0.4 is 13.9 Å². The molecule has 0 saturated carbocycles. The first-order chi connectivity index (χ1) is 9.65. The molecule has 102 valence electrons. The smallest absolute Gasteiger partial charge is 0.248 e. The number of hydrogen-bond donors (Lipinski definition) is 0. The topological polar surface area (TPSA) is 26.8 Å². The van der Waals surface area contributed by atoms with Crippen LogP contribution in [0.2, 0.25) is 0 Å². The van der Waals surface area contributed by atoms with Gasteiger partial charge in [0.25, 0.3) is 0 Å². The first-order valence-electron chi connectivity index (χ1n) is 6.42. The number of benzene rings is 1. The van der Waals surface area contributed by atoms with Crippen LogP contribution in [0.4, 0.5) is 0 Å². The second-order valence-corrected chi connectivity index (χ2v) is 4.86. The fourth-order valence-corrected chi connectivity index (χ4v) is 2.19. The lowest BCUT2D eigenvalue weighted by Crippen LogP contribution is -2.23. The maximum atomic E-state index is 5.41. The summed E-state index contributed by atoms with van der Waals surface area (Å²) in [5, 5.41) is 0. The first kappa shape index (κ1) is 12.5. The van der Waals surface area contributed by atoms with Crippen molar-refractivity contribution in [1.29, 1.82) is 0 Å². The van der Waals surface area contributed by atoms with Gasteiger partial charge in [0.2, 0.25) is 12.7 Å². The second-order valence-electron chi connectivity index (χ2n) is 4.86. The van der Waals surface area contributed by atoms with Crippen molar-refractivity contribution in [3.8, 4) is 17.1 Å². The highest BCUT2D eigenvalue weighted by atomic mass is 16.5. The average Bonchev–Trinajstić information content (AvgIpc) is 3.07. The van der Waals surface area contributed by atoms with Crippen molar-refractivity contribution < 1.29 is 13.9 Å². The van der Waals surface area contributed by atoms with E-state index in [0.29, 0.717) is 0 Å². The van der Waals surface area contributed by atoms with E-state index in [1.165, 1.54) is 0 Å². The SMILES string of the molecule is COc1cc(-n2cc[n+](C)c2)cc(-n2cc[n+](C)c2)c1. The number of aryl methyl sites for hydroxylation is 2. The van der Waals surface area contributed by atoms with Gasteiger partial charge in [-0.1, -0.05) is 0 Å². The van der Waals surface area contributed by atoms with E-state index in [1.54, 1.807) is 7.11 Å². The molecule has 0 unspecified atom stereocenters. The van der Waals surface area contributed by atoms with Gasteiger partial charge >= 0.3 is 0 Å². The molecule has 0 radical (unpaired) electrons. The lowest BCUT2D eigenvalue weighted by molar-refractivity contribution is -0.670. The Bertz CT molecular complexity index is 683. The van der Waals surface area contributed by atoms with Crippen LogP contribution in [0.1, 0.15) is 0 Å². The van der Waals surface area contributed by atoms with Crippen molar-refractivity contribution in [3.05, 3.63) is 55.6 Å². The van der Waals surface area contributed by atoms with Crippen molar-refractivity contribution in [2.24, 2.45) is 14.1 Å². The molecule has 20 heavy (non-hydrogen) atoms. The van der Waals surface area contributed by atoms with Crippen LogP contribution in [-0.2, 0) is 14.1 Å². The standard InChI is InChI=1S/C15H18N4O/c1-16-4-6-18(11-16)13-8-14(10-15(9-13)20-3)19-7-5-17(2)12-19/h4-12H,1-3H3/q+2. The molecule has 2 aromatic heterocycles. The molecular weight excluding hydrogens is 252 g/mol. The van der Waals surface area contributed by atoms with E-state index in [4.69, 9.17) is 4.74 Å². The quantitative estimate of drug-likeness (QED) is 0.650. The predicted molar refractivity (Wildman–Crippen MR) is 74.0 cm³/mol. The summed E-state index contributed by atoms with van der Waals surface area (Å²) in [6, 6.07) is 6.17. The summed E-state index contributed by atoms with van der Waals surface area (Å²) in [5.41, 5.74) is 2.13. The Hall–Kier alpha value is -2.56. The Morgan fingerprint density at radius 2 is 1.35 bits per heavy atom. The molecule has 0 atom stereocenters. The van der Waals surface area contributed by atoms with E-state index in [0.717, 1.165) is 17.1 Å². The van der Waals surface area contributed by atoms with Gasteiger partial charge < -0.3 is 4.74 Å². The molecule has 0 spiro atoms. The predicted octanol–water partition coefficient (Wildman–Crippen LogP) is 0.926. The van der Waals surface area contributed by atoms with Crippen LogP contribution in [0.15, 0.2) is 55.6 Å². The van der Waals surface area contributed by atoms with Gasteiger partial charge in [-0.15, -0.1) is 0 Å². The van der Waals surface area contributed by atoms with Gasteiger partial charge in [-0.3, -0.25) is 0 Å². The third kappa shape index (κ3) is 2.30. The normalized spacial score (nSPS) is 10.8. The van der Waals surface area contributed by atoms with Crippen LogP contribution in [0.25, 0.3) is 11.4 Å². The Morgan fingerprint density at radius 3 is 1.70 bits per heavy atom. The van der Waals surface area contributed by atoms with Crippen LogP contribution >= 0.6 is 0 Å². The third-order valence-corrected chi connectivity index (χ3v) is 3.25. The number of hydrogen-bond acceptors (Lipinski definition) is 1. The first-order valence-corrected chi connectivity index (χ1v) is 6.42. The van der Waals surface area contributed by atoms with Gasteiger partial charge in [0.15, 0.2) is 0 Å². The summed E-state index contributed by atoms with van der Waals surface area (Å²) in [5.74, 6) is 0.838. The molecule has 0 N–H and O–H groups in total. The molecule has 0 aliphatic carbocycles. The van der Waals surface area contributed by atoms with E-state index in [9.17, 15) is 0 Å². The zero-order valence-electron chi connectivity index (χ0n) is 11.9. The summed E-state index contributed by atoms with van der Waals surface area (Å²) < 4.78 is 13.6. The van der Waals surface area contributed by atoms with Crippen molar-refractivity contribution in [1.82, 2.24) is 9.13 Å². The minimum atomic E-state index is 0.838. The lowest BCUT2D eigenvalue weighted by atomic mass is 10.2. The minimum absolute atomic E-state index is 0.838. The minimum Gasteiger partial charge on any atom is -0.496 e. The van der Waals surface area contributed by atoms with Gasteiger partial charge in [-0.2, -0.15) is 0 Å². The molecule has 2 heterocycles. The number of imidazole rings is 2. The molecule has 5 nitrogen and oxygen atoms in total. The zero-order valence-corrected chi connectivity index (χ0v) is 11.9. The molecule has 3 aromatic rings. The Morgan fingerprint density at radius 1 is 0.850 bits per heavy atom. The number of rotatable bonds is 3. The molecular formula is C15H18N4O+2. The largest absolute Gasteiger partial charge is 0.496 e. The highest BCUT2D eigenvalue weighted by Gasteiger charge is 2.12. The Balaban J connectivity index is 2.12. The number of ether oxygens (including phenoxy) is 1. The number of aromatic nitrogens is 4. The zero-order chi connectivity index (χ0) is 14.1. The summed E-state index contributed by atoms with van der Waals surface area (Å²) in [6.07, 6.45) is 12.1. The number of methoxy groups -OCH3 is 1.